The van der Waals surface area contributed by atoms with Crippen molar-refractivity contribution in [3.05, 3.63) is 0 Å². The van der Waals surface area contributed by atoms with E-state index in [1.807, 2.05) is 0 Å². The summed E-state index contributed by atoms with van der Waals surface area (Å²) in [6.45, 7) is 4.62. The summed E-state index contributed by atoms with van der Waals surface area (Å²) in [6.07, 6.45) is 2.83. The Bertz CT molecular complexity index is 177. The number of carbonyl (C=O) groups excluding carboxylic acids is 1. The molecule has 16 heavy (non-hydrogen) atoms. The number of carbonyl (C=O) groups is 1. The predicted molar refractivity (Wildman–Crippen MR) is 63.2 cm³/mol. The van der Waals surface area contributed by atoms with E-state index >= 15 is 0 Å². The zero-order chi connectivity index (χ0) is 12.2. The molecule has 0 aliphatic heterocycles. The van der Waals surface area contributed by atoms with Crippen LogP contribution in [-0.4, -0.2) is 45.4 Å². The van der Waals surface area contributed by atoms with Crippen LogP contribution < -0.4 is 11.1 Å². The first-order valence-corrected chi connectivity index (χ1v) is 5.84. The number of unbranched alkanes of at least 4 members (excludes halogenated alkanes) is 1. The number of nitrogens with one attached hydrogen (secondary N) is 1. The highest BCUT2D eigenvalue weighted by atomic mass is 16.5. The maximum atomic E-state index is 10.8. The van der Waals surface area contributed by atoms with Crippen molar-refractivity contribution in [3.8, 4) is 0 Å². The average molecular weight is 232 g/mol. The Labute approximate surface area is 97.7 Å². The lowest BCUT2D eigenvalue weighted by Crippen LogP contribution is -2.39. The van der Waals surface area contributed by atoms with Crippen molar-refractivity contribution < 1.29 is 14.3 Å². The van der Waals surface area contributed by atoms with Crippen LogP contribution in [0.25, 0.3) is 0 Å². The van der Waals surface area contributed by atoms with E-state index in [4.69, 9.17) is 15.2 Å². The quantitative estimate of drug-likeness (QED) is 0.502. The number of rotatable bonds is 11. The van der Waals surface area contributed by atoms with Gasteiger partial charge in [0.2, 0.25) is 5.91 Å². The van der Waals surface area contributed by atoms with Gasteiger partial charge in [0.05, 0.1) is 19.3 Å². The van der Waals surface area contributed by atoms with E-state index in [1.165, 1.54) is 0 Å². The molecule has 0 heterocycles. The molecule has 3 N–H and O–H groups in total. The molecule has 0 aromatic rings. The minimum Gasteiger partial charge on any atom is -0.379 e. The van der Waals surface area contributed by atoms with Crippen molar-refractivity contribution in [1.29, 1.82) is 0 Å². The van der Waals surface area contributed by atoms with Crippen LogP contribution in [0.5, 0.6) is 0 Å². The van der Waals surface area contributed by atoms with Gasteiger partial charge in [0, 0.05) is 13.2 Å². The van der Waals surface area contributed by atoms with Gasteiger partial charge in [0.25, 0.3) is 0 Å². The first-order chi connectivity index (χ1) is 7.72. The van der Waals surface area contributed by atoms with E-state index in [2.05, 4.69) is 12.2 Å². The summed E-state index contributed by atoms with van der Waals surface area (Å²) >= 11 is 0. The minimum atomic E-state index is -0.342. The summed E-state index contributed by atoms with van der Waals surface area (Å²) in [4.78, 5) is 10.8. The highest BCUT2D eigenvalue weighted by Crippen LogP contribution is 1.92. The predicted octanol–water partition coefficient (Wildman–Crippen LogP) is 0.283. The Balaban J connectivity index is 3.22. The Morgan fingerprint density at radius 2 is 1.88 bits per heavy atom. The summed E-state index contributed by atoms with van der Waals surface area (Å²) < 4.78 is 10.6. The average Bonchev–Trinajstić information content (AvgIpc) is 2.26. The lowest BCUT2D eigenvalue weighted by molar-refractivity contribution is -0.120. The van der Waals surface area contributed by atoms with Crippen molar-refractivity contribution >= 4 is 5.91 Å². The van der Waals surface area contributed by atoms with E-state index in [0.29, 0.717) is 26.2 Å². The summed E-state index contributed by atoms with van der Waals surface area (Å²) in [5.74, 6) is -0.342. The van der Waals surface area contributed by atoms with E-state index in [0.717, 1.165) is 19.4 Å². The highest BCUT2D eigenvalue weighted by Gasteiger charge is 2.11. The van der Waals surface area contributed by atoms with Crippen molar-refractivity contribution in [2.75, 3.05) is 33.5 Å². The molecule has 0 aromatic heterocycles. The van der Waals surface area contributed by atoms with Crippen LogP contribution >= 0.6 is 0 Å². The summed E-state index contributed by atoms with van der Waals surface area (Å²) in [5, 5.41) is 2.83. The second-order valence-electron chi connectivity index (χ2n) is 3.61. The van der Waals surface area contributed by atoms with E-state index < -0.39 is 0 Å². The van der Waals surface area contributed by atoms with Gasteiger partial charge in [-0.15, -0.1) is 0 Å². The Morgan fingerprint density at radius 3 is 2.38 bits per heavy atom. The van der Waals surface area contributed by atoms with Gasteiger partial charge in [-0.25, -0.2) is 0 Å². The first kappa shape index (κ1) is 15.3. The third-order valence-corrected chi connectivity index (χ3v) is 2.26. The maximum absolute atomic E-state index is 10.8. The second-order valence-corrected chi connectivity index (χ2v) is 3.61. The van der Waals surface area contributed by atoms with Crippen LogP contribution in [0.4, 0.5) is 0 Å². The SMILES string of the molecule is CCCCOCCOCCC(NC)C(N)=O. The fourth-order valence-corrected chi connectivity index (χ4v) is 1.20. The molecule has 96 valence electrons. The Hall–Kier alpha value is -0.650. The standard InChI is InChI=1S/C11H24N2O3/c1-3-4-6-15-8-9-16-7-5-10(13-2)11(12)14/h10,13H,3-9H2,1-2H3,(H2,12,14). The zero-order valence-corrected chi connectivity index (χ0v) is 10.3. The van der Waals surface area contributed by atoms with Crippen LogP contribution in [0.2, 0.25) is 0 Å². The lowest BCUT2D eigenvalue weighted by Gasteiger charge is -2.12. The molecular formula is C11H24N2O3. The monoisotopic (exact) mass is 232 g/mol. The normalized spacial score (nSPS) is 12.6. The molecule has 0 aromatic carbocycles. The number of amides is 1. The van der Waals surface area contributed by atoms with Crippen LogP contribution in [0.3, 0.4) is 0 Å². The summed E-state index contributed by atoms with van der Waals surface area (Å²) in [5.41, 5.74) is 5.16. The van der Waals surface area contributed by atoms with Gasteiger partial charge in [-0.05, 0) is 19.9 Å². The van der Waals surface area contributed by atoms with Crippen molar-refractivity contribution in [3.63, 3.8) is 0 Å². The first-order valence-electron chi connectivity index (χ1n) is 5.84. The molecule has 1 amide bonds. The Morgan fingerprint density at radius 1 is 1.25 bits per heavy atom. The van der Waals surface area contributed by atoms with E-state index in [9.17, 15) is 4.79 Å². The van der Waals surface area contributed by atoms with Crippen LogP contribution in [0.15, 0.2) is 0 Å². The van der Waals surface area contributed by atoms with Crippen molar-refractivity contribution in [2.24, 2.45) is 5.73 Å². The molecule has 5 nitrogen and oxygen atoms in total. The number of primary amides is 1. The maximum Gasteiger partial charge on any atom is 0.234 e. The van der Waals surface area contributed by atoms with Crippen molar-refractivity contribution in [2.45, 2.75) is 32.2 Å². The third kappa shape index (κ3) is 8.64. The topological polar surface area (TPSA) is 73.6 Å². The number of hydrogen-bond acceptors (Lipinski definition) is 4. The number of nitrogens with two attached hydrogens (primary N) is 1. The van der Waals surface area contributed by atoms with Gasteiger partial charge in [-0.3, -0.25) is 4.79 Å². The number of likely N-dealkylation sites (N-methyl/N-ethyl adjacent to an activating group) is 1. The molecule has 0 saturated heterocycles. The molecule has 0 saturated carbocycles. The fraction of sp³-hybridized carbons (Fsp3) is 0.909. The largest absolute Gasteiger partial charge is 0.379 e. The summed E-state index contributed by atoms with van der Waals surface area (Å²) in [6, 6.07) is -0.305. The lowest BCUT2D eigenvalue weighted by atomic mass is 10.2. The van der Waals surface area contributed by atoms with Gasteiger partial charge in [0.15, 0.2) is 0 Å². The third-order valence-electron chi connectivity index (χ3n) is 2.26. The molecule has 0 fully saturated rings. The van der Waals surface area contributed by atoms with Gasteiger partial charge in [-0.2, -0.15) is 0 Å². The Kier molecular flexibility index (Phi) is 10.4. The molecule has 0 rings (SSSR count). The molecule has 1 unspecified atom stereocenters. The molecule has 0 aliphatic carbocycles. The van der Waals surface area contributed by atoms with Gasteiger partial charge >= 0.3 is 0 Å². The van der Waals surface area contributed by atoms with Gasteiger partial charge in [-0.1, -0.05) is 13.3 Å². The molecular weight excluding hydrogens is 208 g/mol. The van der Waals surface area contributed by atoms with E-state index in [-0.39, 0.29) is 11.9 Å². The fourth-order valence-electron chi connectivity index (χ4n) is 1.20. The molecule has 0 radical (unpaired) electrons. The molecule has 0 bridgehead atoms. The molecule has 0 aliphatic rings. The second kappa shape index (κ2) is 10.9. The molecule has 1 atom stereocenters. The summed E-state index contributed by atoms with van der Waals surface area (Å²) in [7, 11) is 1.71. The number of hydrogen-bond donors (Lipinski definition) is 2. The van der Waals surface area contributed by atoms with Crippen LogP contribution in [0.1, 0.15) is 26.2 Å². The smallest absolute Gasteiger partial charge is 0.234 e. The van der Waals surface area contributed by atoms with E-state index in [1.54, 1.807) is 7.05 Å². The zero-order valence-electron chi connectivity index (χ0n) is 10.3. The number of ether oxygens (including phenoxy) is 2. The highest BCUT2D eigenvalue weighted by molar-refractivity contribution is 5.79. The minimum absolute atomic E-state index is 0.305. The van der Waals surface area contributed by atoms with Crippen molar-refractivity contribution in [1.82, 2.24) is 5.32 Å². The van der Waals surface area contributed by atoms with Gasteiger partial charge in [0.1, 0.15) is 0 Å². The van der Waals surface area contributed by atoms with Crippen LogP contribution in [-0.2, 0) is 14.3 Å². The van der Waals surface area contributed by atoms with Gasteiger partial charge < -0.3 is 20.5 Å². The van der Waals surface area contributed by atoms with Crippen LogP contribution in [0, 0.1) is 0 Å². The molecule has 5 heteroatoms. The molecule has 0 spiro atoms.